The van der Waals surface area contributed by atoms with Crippen LogP contribution in [0.2, 0.25) is 0 Å². The molecule has 100 valence electrons. The van der Waals surface area contributed by atoms with Crippen molar-refractivity contribution in [1.82, 2.24) is 20.2 Å². The van der Waals surface area contributed by atoms with Crippen LogP contribution in [0.25, 0.3) is 0 Å². The van der Waals surface area contributed by atoms with Crippen LogP contribution >= 0.6 is 0 Å². The average molecular weight is 250 g/mol. The minimum Gasteiger partial charge on any atom is -0.351 e. The normalized spacial score (nSPS) is 25.7. The zero-order chi connectivity index (χ0) is 13.0. The molecule has 1 aromatic rings. The highest BCUT2D eigenvalue weighted by atomic mass is 16.2. The fourth-order valence-corrected chi connectivity index (χ4v) is 2.40. The van der Waals surface area contributed by atoms with Gasteiger partial charge in [0.2, 0.25) is 5.91 Å². The number of aromatic nitrogens is 2. The third-order valence-corrected chi connectivity index (χ3v) is 3.57. The maximum Gasteiger partial charge on any atom is 0.227 e. The van der Waals surface area contributed by atoms with Crippen LogP contribution in [0.5, 0.6) is 0 Å². The first-order chi connectivity index (χ1) is 8.60. The number of carbonyl (C=O) groups is 1. The lowest BCUT2D eigenvalue weighted by molar-refractivity contribution is -0.131. The van der Waals surface area contributed by atoms with E-state index in [0.717, 1.165) is 32.5 Å². The van der Waals surface area contributed by atoms with Gasteiger partial charge in [-0.1, -0.05) is 0 Å². The van der Waals surface area contributed by atoms with E-state index in [4.69, 9.17) is 0 Å². The molecule has 0 aliphatic carbocycles. The van der Waals surface area contributed by atoms with E-state index in [-0.39, 0.29) is 17.4 Å². The monoisotopic (exact) mass is 250 g/mol. The highest BCUT2D eigenvalue weighted by Crippen LogP contribution is 2.25. The zero-order valence-electron chi connectivity index (χ0n) is 11.1. The number of rotatable bonds is 4. The third-order valence-electron chi connectivity index (χ3n) is 3.57. The van der Waals surface area contributed by atoms with Crippen LogP contribution in [-0.2, 0) is 11.3 Å². The van der Waals surface area contributed by atoms with Crippen LogP contribution in [0.15, 0.2) is 18.7 Å². The Bertz CT molecular complexity index is 382. The van der Waals surface area contributed by atoms with E-state index in [9.17, 15) is 4.79 Å². The van der Waals surface area contributed by atoms with Crippen molar-refractivity contribution in [2.75, 3.05) is 13.1 Å². The summed E-state index contributed by atoms with van der Waals surface area (Å²) in [5.74, 6) is 0.155. The van der Waals surface area contributed by atoms with E-state index in [2.05, 4.69) is 15.6 Å². The summed E-state index contributed by atoms with van der Waals surface area (Å²) in [6.45, 7) is 6.62. The number of piperidine rings is 1. The molecule has 1 saturated heterocycles. The van der Waals surface area contributed by atoms with Gasteiger partial charge in [-0.05, 0) is 33.2 Å². The number of hydrogen-bond acceptors (Lipinski definition) is 3. The highest BCUT2D eigenvalue weighted by Gasteiger charge is 2.34. The Morgan fingerprint density at radius 3 is 3.11 bits per heavy atom. The molecular weight excluding hydrogens is 228 g/mol. The molecular formula is C13H22N4O. The molecule has 1 fully saturated rings. The Kier molecular flexibility index (Phi) is 4.01. The van der Waals surface area contributed by atoms with Gasteiger partial charge in [0.25, 0.3) is 0 Å². The van der Waals surface area contributed by atoms with E-state index in [1.165, 1.54) is 0 Å². The summed E-state index contributed by atoms with van der Waals surface area (Å²) < 4.78 is 1.98. The van der Waals surface area contributed by atoms with Crippen molar-refractivity contribution in [2.24, 2.45) is 5.41 Å². The van der Waals surface area contributed by atoms with Crippen LogP contribution in [0.3, 0.4) is 0 Å². The van der Waals surface area contributed by atoms with E-state index in [1.54, 1.807) is 12.5 Å². The molecule has 0 bridgehead atoms. The molecule has 0 spiro atoms. The summed E-state index contributed by atoms with van der Waals surface area (Å²) in [5, 5.41) is 6.40. The van der Waals surface area contributed by atoms with Gasteiger partial charge in [0.1, 0.15) is 0 Å². The molecule has 0 aromatic carbocycles. The summed E-state index contributed by atoms with van der Waals surface area (Å²) in [5.41, 5.74) is -0.262. The average Bonchev–Trinajstić information content (AvgIpc) is 2.82. The maximum absolute atomic E-state index is 12.3. The lowest BCUT2D eigenvalue weighted by Crippen LogP contribution is -2.51. The van der Waals surface area contributed by atoms with Gasteiger partial charge in [0.05, 0.1) is 11.7 Å². The SMILES string of the molecule is CC(Cn1ccnc1)NC(=O)C1(C)CCCNC1. The lowest BCUT2D eigenvalue weighted by Gasteiger charge is -2.33. The number of imidazole rings is 1. The Balaban J connectivity index is 1.86. The fraction of sp³-hybridized carbons (Fsp3) is 0.692. The van der Waals surface area contributed by atoms with Crippen molar-refractivity contribution in [1.29, 1.82) is 0 Å². The number of nitrogens with one attached hydrogen (secondary N) is 2. The van der Waals surface area contributed by atoms with E-state index < -0.39 is 0 Å². The lowest BCUT2D eigenvalue weighted by atomic mass is 9.82. The molecule has 2 rings (SSSR count). The zero-order valence-corrected chi connectivity index (χ0v) is 11.1. The van der Waals surface area contributed by atoms with Gasteiger partial charge in [-0.25, -0.2) is 4.98 Å². The predicted octanol–water partition coefficient (Wildman–Crippen LogP) is 0.777. The largest absolute Gasteiger partial charge is 0.351 e. The van der Waals surface area contributed by atoms with Crippen molar-refractivity contribution in [3.63, 3.8) is 0 Å². The van der Waals surface area contributed by atoms with Gasteiger partial charge >= 0.3 is 0 Å². The highest BCUT2D eigenvalue weighted by molar-refractivity contribution is 5.82. The molecule has 2 atom stereocenters. The maximum atomic E-state index is 12.3. The predicted molar refractivity (Wildman–Crippen MR) is 70.0 cm³/mol. The quantitative estimate of drug-likeness (QED) is 0.830. The van der Waals surface area contributed by atoms with Crippen molar-refractivity contribution in [2.45, 2.75) is 39.3 Å². The molecule has 1 aliphatic heterocycles. The fourth-order valence-electron chi connectivity index (χ4n) is 2.40. The topological polar surface area (TPSA) is 59.0 Å². The molecule has 2 heterocycles. The second-order valence-corrected chi connectivity index (χ2v) is 5.47. The van der Waals surface area contributed by atoms with Gasteiger partial charge in [-0.3, -0.25) is 4.79 Å². The second-order valence-electron chi connectivity index (χ2n) is 5.47. The van der Waals surface area contributed by atoms with Crippen molar-refractivity contribution in [3.8, 4) is 0 Å². The molecule has 1 aliphatic rings. The van der Waals surface area contributed by atoms with Crippen LogP contribution < -0.4 is 10.6 Å². The first-order valence-electron chi connectivity index (χ1n) is 6.57. The van der Waals surface area contributed by atoms with Gasteiger partial charge < -0.3 is 15.2 Å². The van der Waals surface area contributed by atoms with Crippen LogP contribution in [0, 0.1) is 5.41 Å². The molecule has 1 amide bonds. The summed E-state index contributed by atoms with van der Waals surface area (Å²) in [6.07, 6.45) is 7.46. The molecule has 0 radical (unpaired) electrons. The van der Waals surface area contributed by atoms with Gasteiger partial charge in [0, 0.05) is 31.5 Å². The summed E-state index contributed by atoms with van der Waals surface area (Å²) in [7, 11) is 0. The summed E-state index contributed by atoms with van der Waals surface area (Å²) >= 11 is 0. The van der Waals surface area contributed by atoms with Gasteiger partial charge in [-0.15, -0.1) is 0 Å². The minimum atomic E-state index is -0.262. The molecule has 2 N–H and O–H groups in total. The summed E-state index contributed by atoms with van der Waals surface area (Å²) in [6, 6.07) is 0.116. The Hall–Kier alpha value is -1.36. The van der Waals surface area contributed by atoms with Crippen LogP contribution in [0.4, 0.5) is 0 Å². The van der Waals surface area contributed by atoms with Crippen molar-refractivity contribution >= 4 is 5.91 Å². The summed E-state index contributed by atoms with van der Waals surface area (Å²) in [4.78, 5) is 16.3. The molecule has 18 heavy (non-hydrogen) atoms. The van der Waals surface area contributed by atoms with Crippen LogP contribution in [0.1, 0.15) is 26.7 Å². The number of hydrogen-bond donors (Lipinski definition) is 2. The van der Waals surface area contributed by atoms with Crippen molar-refractivity contribution < 1.29 is 4.79 Å². The van der Waals surface area contributed by atoms with E-state index in [1.807, 2.05) is 24.6 Å². The Labute approximate surface area is 108 Å². The first kappa shape index (κ1) is 13.1. The smallest absolute Gasteiger partial charge is 0.227 e. The third kappa shape index (κ3) is 3.10. The standard InChI is InChI=1S/C13H22N4O/c1-11(8-17-7-6-15-10-17)16-12(18)13(2)4-3-5-14-9-13/h6-7,10-11,14H,3-5,8-9H2,1-2H3,(H,16,18). The van der Waals surface area contributed by atoms with Gasteiger partial charge in [-0.2, -0.15) is 0 Å². The number of nitrogens with zero attached hydrogens (tertiary/aromatic N) is 2. The number of amides is 1. The van der Waals surface area contributed by atoms with Crippen molar-refractivity contribution in [3.05, 3.63) is 18.7 Å². The molecule has 0 saturated carbocycles. The molecule has 5 heteroatoms. The minimum absolute atomic E-state index is 0.116. The number of carbonyl (C=O) groups excluding carboxylic acids is 1. The van der Waals surface area contributed by atoms with E-state index >= 15 is 0 Å². The second kappa shape index (κ2) is 5.52. The molecule has 2 unspecified atom stereocenters. The van der Waals surface area contributed by atoms with Gasteiger partial charge in [0.15, 0.2) is 0 Å². The van der Waals surface area contributed by atoms with Crippen LogP contribution in [-0.4, -0.2) is 34.6 Å². The Morgan fingerprint density at radius 1 is 1.67 bits per heavy atom. The first-order valence-corrected chi connectivity index (χ1v) is 6.57. The Morgan fingerprint density at radius 2 is 2.50 bits per heavy atom. The molecule has 1 aromatic heterocycles. The molecule has 5 nitrogen and oxygen atoms in total. The van der Waals surface area contributed by atoms with E-state index in [0.29, 0.717) is 0 Å².